The Hall–Kier alpha value is -2.35. The van der Waals surface area contributed by atoms with Crippen molar-refractivity contribution in [2.45, 2.75) is 39.0 Å². The number of H-pyrrole nitrogens is 1. The molecule has 21 heavy (non-hydrogen) atoms. The van der Waals surface area contributed by atoms with Crippen LogP contribution in [0.4, 0.5) is 0 Å². The molecule has 0 amide bonds. The van der Waals surface area contributed by atoms with Crippen LogP contribution in [0.25, 0.3) is 11.1 Å². The van der Waals surface area contributed by atoms with Gasteiger partial charge >= 0.3 is 0 Å². The summed E-state index contributed by atoms with van der Waals surface area (Å²) in [5.41, 5.74) is 4.73. The SMILES string of the molecule is Cc1c(-c2c3c([nH]c(=O)c2C#N)CCCCC3)cnn1C. The van der Waals surface area contributed by atoms with Gasteiger partial charge in [-0.15, -0.1) is 0 Å². The van der Waals surface area contributed by atoms with Crippen LogP contribution in [0.5, 0.6) is 0 Å². The van der Waals surface area contributed by atoms with Gasteiger partial charge in [-0.2, -0.15) is 10.4 Å². The molecule has 1 aliphatic rings. The lowest BCUT2D eigenvalue weighted by Crippen LogP contribution is -2.17. The van der Waals surface area contributed by atoms with Crippen LogP contribution in [0.2, 0.25) is 0 Å². The van der Waals surface area contributed by atoms with Crippen molar-refractivity contribution in [2.75, 3.05) is 0 Å². The molecule has 0 spiro atoms. The molecule has 0 radical (unpaired) electrons. The fourth-order valence-corrected chi connectivity index (χ4v) is 3.11. The third kappa shape index (κ3) is 2.17. The second kappa shape index (κ2) is 5.21. The Morgan fingerprint density at radius 3 is 2.76 bits per heavy atom. The standard InChI is InChI=1S/C16H18N4O/c1-10-13(9-18-20(10)2)15-11-6-4-3-5-7-14(11)19-16(21)12(15)8-17/h9H,3-7H2,1-2H3,(H,19,21). The van der Waals surface area contributed by atoms with Gasteiger partial charge in [-0.1, -0.05) is 6.42 Å². The van der Waals surface area contributed by atoms with Crippen molar-refractivity contribution in [2.24, 2.45) is 7.05 Å². The Morgan fingerprint density at radius 1 is 1.33 bits per heavy atom. The molecular formula is C16H18N4O. The molecule has 3 rings (SSSR count). The molecule has 2 aromatic heterocycles. The van der Waals surface area contributed by atoms with Gasteiger partial charge in [-0.05, 0) is 38.2 Å². The number of hydrogen-bond acceptors (Lipinski definition) is 3. The van der Waals surface area contributed by atoms with Crippen molar-refractivity contribution in [3.63, 3.8) is 0 Å². The minimum Gasteiger partial charge on any atom is -0.325 e. The number of aryl methyl sites for hydroxylation is 2. The van der Waals surface area contributed by atoms with E-state index >= 15 is 0 Å². The Bertz CT molecular complexity index is 792. The maximum atomic E-state index is 12.2. The molecule has 0 aliphatic heterocycles. The number of pyridine rings is 1. The van der Waals surface area contributed by atoms with Gasteiger partial charge in [0, 0.05) is 29.6 Å². The van der Waals surface area contributed by atoms with Gasteiger partial charge in [0.05, 0.1) is 6.20 Å². The topological polar surface area (TPSA) is 74.5 Å². The number of nitrogens with zero attached hydrogens (tertiary/aromatic N) is 3. The monoisotopic (exact) mass is 282 g/mol. The molecule has 5 heteroatoms. The third-order valence-corrected chi connectivity index (χ3v) is 4.38. The van der Waals surface area contributed by atoms with Crippen molar-refractivity contribution in [3.8, 4) is 17.2 Å². The minimum atomic E-state index is -0.281. The van der Waals surface area contributed by atoms with Gasteiger partial charge < -0.3 is 4.98 Å². The van der Waals surface area contributed by atoms with E-state index in [4.69, 9.17) is 0 Å². The summed E-state index contributed by atoms with van der Waals surface area (Å²) in [5, 5.41) is 13.7. The lowest BCUT2D eigenvalue weighted by atomic mass is 9.92. The molecule has 0 saturated carbocycles. The van der Waals surface area contributed by atoms with Crippen LogP contribution in [0, 0.1) is 18.3 Å². The number of aromatic nitrogens is 3. The smallest absolute Gasteiger partial charge is 0.266 e. The molecule has 2 heterocycles. The summed E-state index contributed by atoms with van der Waals surface area (Å²) < 4.78 is 1.78. The van der Waals surface area contributed by atoms with E-state index in [-0.39, 0.29) is 11.1 Å². The predicted octanol–water partition coefficient (Wildman–Crippen LogP) is 2.22. The Morgan fingerprint density at radius 2 is 2.10 bits per heavy atom. The predicted molar refractivity (Wildman–Crippen MR) is 80.0 cm³/mol. The summed E-state index contributed by atoms with van der Waals surface area (Å²) in [6.45, 7) is 1.97. The molecule has 0 unspecified atom stereocenters. The Labute approximate surface area is 123 Å². The molecule has 108 valence electrons. The van der Waals surface area contributed by atoms with Crippen molar-refractivity contribution in [1.29, 1.82) is 5.26 Å². The summed E-state index contributed by atoms with van der Waals surface area (Å²) in [4.78, 5) is 15.2. The molecular weight excluding hydrogens is 264 g/mol. The number of fused-ring (bicyclic) bond motifs is 1. The first kappa shape index (κ1) is 13.6. The van der Waals surface area contributed by atoms with Crippen molar-refractivity contribution in [1.82, 2.24) is 14.8 Å². The number of hydrogen-bond donors (Lipinski definition) is 1. The fourth-order valence-electron chi connectivity index (χ4n) is 3.11. The van der Waals surface area contributed by atoms with Crippen LogP contribution in [-0.2, 0) is 19.9 Å². The molecule has 0 bridgehead atoms. The Balaban J connectivity index is 2.37. The van der Waals surface area contributed by atoms with E-state index in [1.54, 1.807) is 10.9 Å². The summed E-state index contributed by atoms with van der Waals surface area (Å²) in [6, 6.07) is 2.09. The molecule has 0 saturated heterocycles. The second-order valence-electron chi connectivity index (χ2n) is 5.60. The summed E-state index contributed by atoms with van der Waals surface area (Å²) >= 11 is 0. The van der Waals surface area contributed by atoms with Gasteiger partial charge in [0.25, 0.3) is 5.56 Å². The molecule has 0 aromatic carbocycles. The van der Waals surface area contributed by atoms with Crippen molar-refractivity contribution in [3.05, 3.63) is 39.1 Å². The minimum absolute atomic E-state index is 0.215. The zero-order chi connectivity index (χ0) is 15.0. The molecule has 0 fully saturated rings. The number of nitriles is 1. The zero-order valence-electron chi connectivity index (χ0n) is 12.4. The maximum Gasteiger partial charge on any atom is 0.266 e. The Kier molecular flexibility index (Phi) is 3.38. The lowest BCUT2D eigenvalue weighted by molar-refractivity contribution is 0.708. The van der Waals surface area contributed by atoms with E-state index < -0.39 is 0 Å². The molecule has 0 atom stereocenters. The summed E-state index contributed by atoms with van der Waals surface area (Å²) in [6.07, 6.45) is 6.88. The van der Waals surface area contributed by atoms with Gasteiger partial charge in [-0.3, -0.25) is 9.48 Å². The fraction of sp³-hybridized carbons (Fsp3) is 0.438. The lowest BCUT2D eigenvalue weighted by Gasteiger charge is -2.13. The number of rotatable bonds is 1. The second-order valence-corrected chi connectivity index (χ2v) is 5.60. The van der Waals surface area contributed by atoms with E-state index in [0.717, 1.165) is 60.2 Å². The van der Waals surface area contributed by atoms with E-state index in [2.05, 4.69) is 16.2 Å². The number of aromatic amines is 1. The normalized spacial score (nSPS) is 14.3. The van der Waals surface area contributed by atoms with Gasteiger partial charge in [0.1, 0.15) is 11.6 Å². The summed E-state index contributed by atoms with van der Waals surface area (Å²) in [7, 11) is 1.87. The number of nitrogens with one attached hydrogen (secondary N) is 1. The average molecular weight is 282 g/mol. The van der Waals surface area contributed by atoms with E-state index in [9.17, 15) is 10.1 Å². The van der Waals surface area contributed by atoms with Crippen LogP contribution >= 0.6 is 0 Å². The van der Waals surface area contributed by atoms with Crippen molar-refractivity contribution < 1.29 is 0 Å². The quantitative estimate of drug-likeness (QED) is 0.815. The molecule has 5 nitrogen and oxygen atoms in total. The van der Waals surface area contributed by atoms with Gasteiger partial charge in [0.15, 0.2) is 0 Å². The molecule has 1 aliphatic carbocycles. The van der Waals surface area contributed by atoms with Crippen LogP contribution < -0.4 is 5.56 Å². The highest BCUT2D eigenvalue weighted by molar-refractivity contribution is 5.75. The largest absolute Gasteiger partial charge is 0.325 e. The third-order valence-electron chi connectivity index (χ3n) is 4.38. The summed E-state index contributed by atoms with van der Waals surface area (Å²) in [5.74, 6) is 0. The first-order valence-electron chi connectivity index (χ1n) is 7.30. The van der Waals surface area contributed by atoms with E-state index in [1.807, 2.05) is 14.0 Å². The van der Waals surface area contributed by atoms with E-state index in [0.29, 0.717) is 0 Å². The average Bonchev–Trinajstić information content (AvgIpc) is 2.67. The maximum absolute atomic E-state index is 12.2. The highest BCUT2D eigenvalue weighted by Gasteiger charge is 2.22. The first-order valence-corrected chi connectivity index (χ1v) is 7.30. The van der Waals surface area contributed by atoms with Gasteiger partial charge in [-0.25, -0.2) is 0 Å². The highest BCUT2D eigenvalue weighted by atomic mass is 16.1. The van der Waals surface area contributed by atoms with Crippen LogP contribution in [-0.4, -0.2) is 14.8 Å². The van der Waals surface area contributed by atoms with Crippen LogP contribution in [0.3, 0.4) is 0 Å². The molecule has 2 aromatic rings. The zero-order valence-corrected chi connectivity index (χ0v) is 12.4. The highest BCUT2D eigenvalue weighted by Crippen LogP contribution is 2.32. The van der Waals surface area contributed by atoms with Crippen LogP contribution in [0.15, 0.2) is 11.0 Å². The van der Waals surface area contributed by atoms with Crippen molar-refractivity contribution >= 4 is 0 Å². The first-order chi connectivity index (χ1) is 10.1. The molecule has 1 N–H and O–H groups in total. The van der Waals surface area contributed by atoms with Gasteiger partial charge in [0.2, 0.25) is 0 Å². The van der Waals surface area contributed by atoms with Crippen LogP contribution in [0.1, 0.15) is 41.8 Å². The van der Waals surface area contributed by atoms with E-state index in [1.165, 1.54) is 0 Å².